The van der Waals surface area contributed by atoms with E-state index in [1.54, 1.807) is 24.1 Å². The molecule has 148 valence electrons. The van der Waals surface area contributed by atoms with Crippen LogP contribution in [0.5, 0.6) is 5.75 Å². The summed E-state index contributed by atoms with van der Waals surface area (Å²) in [5, 5.41) is 2.70. The van der Waals surface area contributed by atoms with E-state index >= 15 is 0 Å². The fraction of sp³-hybridized carbons (Fsp3) is 0.333. The van der Waals surface area contributed by atoms with E-state index in [1.807, 2.05) is 24.3 Å². The molecule has 1 fully saturated rings. The van der Waals surface area contributed by atoms with E-state index in [0.717, 1.165) is 17.0 Å². The van der Waals surface area contributed by atoms with Crippen LogP contribution in [0.25, 0.3) is 0 Å². The molecule has 3 rings (SSSR count). The molecule has 0 bridgehead atoms. The minimum absolute atomic E-state index is 0.184. The number of nitrogens with one attached hydrogen (secondary N) is 1. The molecule has 0 unspecified atom stereocenters. The third-order valence-electron chi connectivity index (χ3n) is 4.77. The first-order chi connectivity index (χ1) is 13.6. The predicted octanol–water partition coefficient (Wildman–Crippen LogP) is 2.19. The van der Waals surface area contributed by atoms with Gasteiger partial charge in [0.25, 0.3) is 0 Å². The van der Waals surface area contributed by atoms with E-state index in [9.17, 15) is 14.0 Å². The number of nitrogens with zero attached hydrogens (tertiary/aromatic N) is 2. The van der Waals surface area contributed by atoms with Crippen LogP contribution in [0.3, 0.4) is 0 Å². The van der Waals surface area contributed by atoms with Crippen LogP contribution in [-0.2, 0) is 16.1 Å². The highest BCUT2D eigenvalue weighted by atomic mass is 19.1. The number of carbonyl (C=O) groups is 2. The second kappa shape index (κ2) is 9.21. The van der Waals surface area contributed by atoms with Crippen molar-refractivity contribution in [1.82, 2.24) is 10.2 Å². The van der Waals surface area contributed by atoms with Crippen LogP contribution in [0, 0.1) is 5.82 Å². The highest BCUT2D eigenvalue weighted by Gasteiger charge is 2.24. The second-order valence-electron chi connectivity index (χ2n) is 6.62. The summed E-state index contributed by atoms with van der Waals surface area (Å²) < 4.78 is 18.3. The molecule has 0 atom stereocenters. The van der Waals surface area contributed by atoms with E-state index in [-0.39, 0.29) is 30.6 Å². The smallest absolute Gasteiger partial charge is 0.232 e. The number of halogens is 1. The van der Waals surface area contributed by atoms with Crippen LogP contribution in [0.1, 0.15) is 12.0 Å². The van der Waals surface area contributed by atoms with Crippen molar-refractivity contribution in [2.24, 2.45) is 0 Å². The van der Waals surface area contributed by atoms with Crippen LogP contribution in [0.15, 0.2) is 48.5 Å². The normalized spacial score (nSPS) is 13.9. The molecule has 6 nitrogen and oxygen atoms in total. The van der Waals surface area contributed by atoms with E-state index < -0.39 is 0 Å². The van der Waals surface area contributed by atoms with Gasteiger partial charge in [0.05, 0.1) is 12.8 Å². The zero-order valence-electron chi connectivity index (χ0n) is 15.9. The quantitative estimate of drug-likeness (QED) is 0.775. The first-order valence-corrected chi connectivity index (χ1v) is 9.23. The van der Waals surface area contributed by atoms with Gasteiger partial charge < -0.3 is 19.9 Å². The summed E-state index contributed by atoms with van der Waals surface area (Å²) in [5.74, 6) is -0.0299. The second-order valence-corrected chi connectivity index (χ2v) is 6.62. The molecule has 2 aromatic rings. The molecule has 0 aliphatic carbocycles. The Morgan fingerprint density at radius 2 is 1.71 bits per heavy atom. The van der Waals surface area contributed by atoms with Gasteiger partial charge in [-0.15, -0.1) is 0 Å². The van der Waals surface area contributed by atoms with E-state index in [1.165, 1.54) is 12.1 Å². The zero-order chi connectivity index (χ0) is 19.9. The standard InChI is InChI=1S/C21H24FN3O3/c1-28-19-5-3-2-4-18(19)24-10-12-25(13-11-24)21(27)14-20(26)23-15-16-6-8-17(22)9-7-16/h2-9H,10-15H2,1H3,(H,23,26). The number of carbonyl (C=O) groups excluding carboxylic acids is 2. The van der Waals surface area contributed by atoms with E-state index in [0.29, 0.717) is 26.2 Å². The van der Waals surface area contributed by atoms with Crippen LogP contribution in [0.4, 0.5) is 10.1 Å². The number of hydrogen-bond acceptors (Lipinski definition) is 4. The van der Waals surface area contributed by atoms with E-state index in [2.05, 4.69) is 10.2 Å². The van der Waals surface area contributed by atoms with Crippen molar-refractivity contribution in [2.45, 2.75) is 13.0 Å². The lowest BCUT2D eigenvalue weighted by atomic mass is 10.2. The maximum absolute atomic E-state index is 12.9. The van der Waals surface area contributed by atoms with Crippen molar-refractivity contribution in [3.63, 3.8) is 0 Å². The summed E-state index contributed by atoms with van der Waals surface area (Å²) in [6.45, 7) is 2.75. The Labute approximate surface area is 163 Å². The number of ether oxygens (including phenoxy) is 1. The molecular weight excluding hydrogens is 361 g/mol. The van der Waals surface area contributed by atoms with E-state index in [4.69, 9.17) is 4.74 Å². The summed E-state index contributed by atoms with van der Waals surface area (Å²) >= 11 is 0. The van der Waals surface area contributed by atoms with Crippen molar-refractivity contribution >= 4 is 17.5 Å². The first-order valence-electron chi connectivity index (χ1n) is 9.23. The predicted molar refractivity (Wildman–Crippen MR) is 105 cm³/mol. The Hall–Kier alpha value is -3.09. The van der Waals surface area contributed by atoms with Gasteiger partial charge in [-0.2, -0.15) is 0 Å². The number of benzene rings is 2. The molecule has 1 saturated heterocycles. The fourth-order valence-electron chi connectivity index (χ4n) is 3.20. The van der Waals surface area contributed by atoms with Gasteiger partial charge in [-0.05, 0) is 29.8 Å². The van der Waals surface area contributed by atoms with Gasteiger partial charge in [-0.25, -0.2) is 4.39 Å². The maximum atomic E-state index is 12.9. The zero-order valence-corrected chi connectivity index (χ0v) is 15.9. The molecule has 2 aromatic carbocycles. The minimum atomic E-state index is -0.332. The molecule has 0 spiro atoms. The van der Waals surface area contributed by atoms with Gasteiger partial charge in [0.1, 0.15) is 18.0 Å². The van der Waals surface area contributed by atoms with Gasteiger partial charge in [0.2, 0.25) is 11.8 Å². The van der Waals surface area contributed by atoms with Gasteiger partial charge in [0, 0.05) is 32.7 Å². The third-order valence-corrected chi connectivity index (χ3v) is 4.77. The number of para-hydroxylation sites is 2. The number of rotatable bonds is 6. The molecule has 0 saturated carbocycles. The molecule has 0 radical (unpaired) electrons. The Morgan fingerprint density at radius 1 is 1.04 bits per heavy atom. The Kier molecular flexibility index (Phi) is 6.47. The topological polar surface area (TPSA) is 61.9 Å². The maximum Gasteiger partial charge on any atom is 0.232 e. The number of methoxy groups -OCH3 is 1. The minimum Gasteiger partial charge on any atom is -0.495 e. The average molecular weight is 385 g/mol. The van der Waals surface area contributed by atoms with Crippen molar-refractivity contribution in [1.29, 1.82) is 0 Å². The number of anilines is 1. The molecular formula is C21H24FN3O3. The van der Waals surface area contributed by atoms with Gasteiger partial charge >= 0.3 is 0 Å². The molecule has 28 heavy (non-hydrogen) atoms. The van der Waals surface area contributed by atoms with Gasteiger partial charge in [-0.3, -0.25) is 9.59 Å². The lowest BCUT2D eigenvalue weighted by molar-refractivity contribution is -0.136. The number of hydrogen-bond donors (Lipinski definition) is 1. The Balaban J connectivity index is 1.45. The molecule has 2 amide bonds. The van der Waals surface area contributed by atoms with Crippen molar-refractivity contribution in [2.75, 3.05) is 38.2 Å². The Morgan fingerprint density at radius 3 is 2.39 bits per heavy atom. The lowest BCUT2D eigenvalue weighted by Crippen LogP contribution is -2.49. The monoisotopic (exact) mass is 385 g/mol. The highest BCUT2D eigenvalue weighted by Crippen LogP contribution is 2.28. The fourth-order valence-corrected chi connectivity index (χ4v) is 3.20. The lowest BCUT2D eigenvalue weighted by Gasteiger charge is -2.36. The largest absolute Gasteiger partial charge is 0.495 e. The van der Waals surface area contributed by atoms with Crippen LogP contribution < -0.4 is 15.0 Å². The molecule has 1 aliphatic heterocycles. The molecule has 7 heteroatoms. The van der Waals surface area contributed by atoms with Crippen molar-refractivity contribution in [3.8, 4) is 5.75 Å². The molecule has 1 heterocycles. The summed E-state index contributed by atoms with van der Waals surface area (Å²) in [5.41, 5.74) is 1.79. The molecule has 0 aromatic heterocycles. The van der Waals surface area contributed by atoms with Crippen molar-refractivity contribution in [3.05, 3.63) is 59.9 Å². The number of piperazine rings is 1. The molecule has 1 aliphatic rings. The summed E-state index contributed by atoms with van der Waals surface area (Å²) in [7, 11) is 1.64. The number of amides is 2. The summed E-state index contributed by atoms with van der Waals surface area (Å²) in [4.78, 5) is 28.3. The van der Waals surface area contributed by atoms with Crippen LogP contribution in [-0.4, -0.2) is 50.0 Å². The van der Waals surface area contributed by atoms with Gasteiger partial charge in [0.15, 0.2) is 0 Å². The SMILES string of the molecule is COc1ccccc1N1CCN(C(=O)CC(=O)NCc2ccc(F)cc2)CC1. The third kappa shape index (κ3) is 5.00. The van der Waals surface area contributed by atoms with Gasteiger partial charge in [-0.1, -0.05) is 24.3 Å². The summed E-state index contributed by atoms with van der Waals surface area (Å²) in [6, 6.07) is 13.7. The Bertz CT molecular complexity index is 818. The summed E-state index contributed by atoms with van der Waals surface area (Å²) in [6.07, 6.45) is -0.185. The van der Waals surface area contributed by atoms with Crippen LogP contribution in [0.2, 0.25) is 0 Å². The highest BCUT2D eigenvalue weighted by molar-refractivity contribution is 5.97. The first kappa shape index (κ1) is 19.7. The van der Waals surface area contributed by atoms with Crippen LogP contribution >= 0.6 is 0 Å². The molecule has 1 N–H and O–H groups in total. The average Bonchev–Trinajstić information content (AvgIpc) is 2.73. The van der Waals surface area contributed by atoms with Crippen molar-refractivity contribution < 1.29 is 18.7 Å².